The second kappa shape index (κ2) is 11.6. The third kappa shape index (κ3) is 6.28. The van der Waals surface area contributed by atoms with Crippen LogP contribution in [0.2, 0.25) is 5.02 Å². The van der Waals surface area contributed by atoms with E-state index in [9.17, 15) is 4.79 Å². The molecule has 7 nitrogen and oxygen atoms in total. The van der Waals surface area contributed by atoms with E-state index in [1.54, 1.807) is 7.05 Å². The predicted octanol–water partition coefficient (Wildman–Crippen LogP) is 4.17. The van der Waals surface area contributed by atoms with Crippen LogP contribution >= 0.6 is 11.6 Å². The second-order valence-corrected chi connectivity index (χ2v) is 8.61. The number of methoxy groups -OCH3 is 1. The van der Waals surface area contributed by atoms with E-state index in [4.69, 9.17) is 21.1 Å². The van der Waals surface area contributed by atoms with E-state index in [1.165, 1.54) is 12.7 Å². The molecule has 2 unspecified atom stereocenters. The van der Waals surface area contributed by atoms with E-state index in [1.807, 2.05) is 19.1 Å². The standard InChI is InChI=1S/C23H33ClN4O3/c1-4-21(26-27-25-2)17-7-11-19(12-8-17)28-14-22(23(29)30-3)31-15-20(28)13-16-5-9-18(24)10-6-16/h4-6,9-10,17,19-20,22H,7-8,11-15H2,1-3H3,(H,25,26)/b21-4-. The minimum absolute atomic E-state index is 0.216. The third-order valence-corrected chi connectivity index (χ3v) is 6.58. The lowest BCUT2D eigenvalue weighted by atomic mass is 9.82. The number of morpholine rings is 1. The Labute approximate surface area is 189 Å². The third-order valence-electron chi connectivity index (χ3n) is 6.33. The van der Waals surface area contributed by atoms with Crippen LogP contribution in [-0.2, 0) is 20.7 Å². The summed E-state index contributed by atoms with van der Waals surface area (Å²) in [5, 5.41) is 9.00. The van der Waals surface area contributed by atoms with Crippen LogP contribution in [0.3, 0.4) is 0 Å². The number of allylic oxidation sites excluding steroid dienone is 2. The topological polar surface area (TPSA) is 75.5 Å². The second-order valence-electron chi connectivity index (χ2n) is 8.17. The molecule has 2 fully saturated rings. The number of ether oxygens (including phenoxy) is 2. The fourth-order valence-electron chi connectivity index (χ4n) is 4.69. The monoisotopic (exact) mass is 448 g/mol. The lowest BCUT2D eigenvalue weighted by molar-refractivity contribution is -0.165. The van der Waals surface area contributed by atoms with Crippen molar-refractivity contribution >= 4 is 17.6 Å². The molecule has 1 N–H and O–H groups in total. The molecule has 1 aliphatic carbocycles. The minimum Gasteiger partial charge on any atom is -0.467 e. The van der Waals surface area contributed by atoms with E-state index in [0.29, 0.717) is 25.1 Å². The van der Waals surface area contributed by atoms with Crippen LogP contribution < -0.4 is 5.43 Å². The van der Waals surface area contributed by atoms with Crippen molar-refractivity contribution in [3.05, 3.63) is 46.6 Å². The van der Waals surface area contributed by atoms with E-state index in [-0.39, 0.29) is 12.0 Å². The zero-order valence-corrected chi connectivity index (χ0v) is 19.3. The molecule has 0 amide bonds. The molecule has 1 saturated heterocycles. The highest BCUT2D eigenvalue weighted by Crippen LogP contribution is 2.35. The van der Waals surface area contributed by atoms with Crippen molar-refractivity contribution in [3.8, 4) is 0 Å². The molecular weight excluding hydrogens is 416 g/mol. The van der Waals surface area contributed by atoms with Gasteiger partial charge in [-0.2, -0.15) is 0 Å². The van der Waals surface area contributed by atoms with Crippen LogP contribution in [0.15, 0.2) is 46.4 Å². The molecule has 0 aromatic heterocycles. The number of nitrogens with one attached hydrogen (secondary N) is 1. The Kier molecular flexibility index (Phi) is 8.87. The molecule has 1 aromatic carbocycles. The summed E-state index contributed by atoms with van der Waals surface area (Å²) in [4.78, 5) is 14.6. The van der Waals surface area contributed by atoms with Gasteiger partial charge in [-0.3, -0.25) is 10.3 Å². The number of carbonyl (C=O) groups excluding carboxylic acids is 1. The molecular formula is C23H33ClN4O3. The first-order valence-corrected chi connectivity index (χ1v) is 11.4. The van der Waals surface area contributed by atoms with E-state index >= 15 is 0 Å². The highest BCUT2D eigenvalue weighted by molar-refractivity contribution is 6.30. The zero-order valence-electron chi connectivity index (χ0n) is 18.6. The van der Waals surface area contributed by atoms with Crippen LogP contribution in [-0.4, -0.2) is 56.4 Å². The lowest BCUT2D eigenvalue weighted by Crippen LogP contribution is -2.57. The van der Waals surface area contributed by atoms with Crippen molar-refractivity contribution in [2.75, 3.05) is 27.3 Å². The summed E-state index contributed by atoms with van der Waals surface area (Å²) in [5.41, 5.74) is 4.99. The zero-order chi connectivity index (χ0) is 22.2. The van der Waals surface area contributed by atoms with Crippen molar-refractivity contribution in [3.63, 3.8) is 0 Å². The average molecular weight is 449 g/mol. The first-order chi connectivity index (χ1) is 15.0. The number of halogens is 1. The molecule has 2 atom stereocenters. The molecule has 31 heavy (non-hydrogen) atoms. The van der Waals surface area contributed by atoms with Crippen LogP contribution in [0.25, 0.3) is 0 Å². The summed E-state index contributed by atoms with van der Waals surface area (Å²) in [6, 6.07) is 8.60. The fraction of sp³-hybridized carbons (Fsp3) is 0.609. The molecule has 0 spiro atoms. The van der Waals surface area contributed by atoms with Crippen molar-refractivity contribution in [2.24, 2.45) is 16.3 Å². The smallest absolute Gasteiger partial charge is 0.336 e. The van der Waals surface area contributed by atoms with Crippen molar-refractivity contribution < 1.29 is 14.3 Å². The Morgan fingerprint density at radius 2 is 2.00 bits per heavy atom. The molecule has 1 heterocycles. The Hall–Kier alpha value is -1.96. The van der Waals surface area contributed by atoms with Gasteiger partial charge in [-0.1, -0.05) is 35.0 Å². The Bertz CT molecular complexity index is 776. The normalized spacial score (nSPS) is 27.9. The SMILES string of the molecule is C/C=C(\N=N/NC)C1CCC(N2CC(C(=O)OC)OCC2Cc2ccc(Cl)cc2)CC1. The average Bonchev–Trinajstić information content (AvgIpc) is 2.81. The number of nitrogens with zero attached hydrogens (tertiary/aromatic N) is 3. The van der Waals surface area contributed by atoms with Gasteiger partial charge in [0.25, 0.3) is 0 Å². The Morgan fingerprint density at radius 1 is 1.29 bits per heavy atom. The number of carbonyl (C=O) groups is 1. The van der Waals surface area contributed by atoms with Crippen LogP contribution in [0.5, 0.6) is 0 Å². The predicted molar refractivity (Wildman–Crippen MR) is 121 cm³/mol. The summed E-state index contributed by atoms with van der Waals surface area (Å²) in [6.07, 6.45) is 6.62. The molecule has 0 bridgehead atoms. The van der Waals surface area contributed by atoms with Gasteiger partial charge in [-0.25, -0.2) is 4.79 Å². The maximum Gasteiger partial charge on any atom is 0.336 e. The van der Waals surface area contributed by atoms with Crippen LogP contribution in [0.1, 0.15) is 38.2 Å². The van der Waals surface area contributed by atoms with Crippen molar-refractivity contribution in [1.29, 1.82) is 0 Å². The maximum absolute atomic E-state index is 12.2. The summed E-state index contributed by atoms with van der Waals surface area (Å²) < 4.78 is 10.8. The Balaban J connectivity index is 1.69. The first kappa shape index (κ1) is 23.7. The number of hydrogen-bond acceptors (Lipinski definition) is 6. The van der Waals surface area contributed by atoms with E-state index in [0.717, 1.165) is 42.8 Å². The lowest BCUT2D eigenvalue weighted by Gasteiger charge is -2.45. The first-order valence-electron chi connectivity index (χ1n) is 11.0. The Morgan fingerprint density at radius 3 is 2.61 bits per heavy atom. The molecule has 3 rings (SSSR count). The van der Waals surface area contributed by atoms with E-state index < -0.39 is 6.10 Å². The molecule has 1 aliphatic heterocycles. The summed E-state index contributed by atoms with van der Waals surface area (Å²) in [7, 11) is 3.17. The van der Waals surface area contributed by atoms with Gasteiger partial charge in [0.05, 0.1) is 19.4 Å². The summed E-state index contributed by atoms with van der Waals surface area (Å²) >= 11 is 6.05. The fourth-order valence-corrected chi connectivity index (χ4v) is 4.82. The van der Waals surface area contributed by atoms with Gasteiger partial charge < -0.3 is 9.47 Å². The molecule has 8 heteroatoms. The quantitative estimate of drug-likeness (QED) is 0.385. The molecule has 170 valence electrons. The highest BCUT2D eigenvalue weighted by atomic mass is 35.5. The molecule has 0 radical (unpaired) electrons. The highest BCUT2D eigenvalue weighted by Gasteiger charge is 2.38. The largest absolute Gasteiger partial charge is 0.467 e. The van der Waals surface area contributed by atoms with Gasteiger partial charge >= 0.3 is 5.97 Å². The molecule has 1 saturated carbocycles. The summed E-state index contributed by atoms with van der Waals surface area (Å²) in [5.74, 6) is 0.123. The number of rotatable bonds is 7. The minimum atomic E-state index is -0.528. The molecule has 2 aliphatic rings. The number of hydrogen-bond donors (Lipinski definition) is 1. The van der Waals surface area contributed by atoms with Gasteiger partial charge in [0.2, 0.25) is 0 Å². The number of benzene rings is 1. The number of esters is 1. The van der Waals surface area contributed by atoms with Gasteiger partial charge in [0, 0.05) is 36.6 Å². The van der Waals surface area contributed by atoms with Gasteiger partial charge in [0.1, 0.15) is 0 Å². The van der Waals surface area contributed by atoms with Gasteiger partial charge in [-0.05, 0) is 56.7 Å². The molecule has 1 aromatic rings. The van der Waals surface area contributed by atoms with Gasteiger partial charge in [0.15, 0.2) is 6.10 Å². The van der Waals surface area contributed by atoms with Crippen molar-refractivity contribution in [2.45, 2.75) is 57.2 Å². The maximum atomic E-state index is 12.2. The van der Waals surface area contributed by atoms with Crippen LogP contribution in [0, 0.1) is 5.92 Å². The van der Waals surface area contributed by atoms with Crippen molar-refractivity contribution in [1.82, 2.24) is 10.3 Å². The van der Waals surface area contributed by atoms with E-state index in [2.05, 4.69) is 38.9 Å². The van der Waals surface area contributed by atoms with Gasteiger partial charge in [-0.15, -0.1) is 5.11 Å². The summed E-state index contributed by atoms with van der Waals surface area (Å²) in [6.45, 7) is 3.09. The van der Waals surface area contributed by atoms with Crippen LogP contribution in [0.4, 0.5) is 0 Å².